The predicted molar refractivity (Wildman–Crippen MR) is 106 cm³/mol. The van der Waals surface area contributed by atoms with Gasteiger partial charge in [0.2, 0.25) is 0 Å². The molecular weight excluding hydrogens is 343 g/mol. The second kappa shape index (κ2) is 9.72. The fourth-order valence-corrected chi connectivity index (χ4v) is 3.34. The third kappa shape index (κ3) is 5.68. The Morgan fingerprint density at radius 2 is 1.78 bits per heavy atom. The van der Waals surface area contributed by atoms with E-state index < -0.39 is 0 Å². The average molecular weight is 372 g/mol. The molecule has 0 N–H and O–H groups in total. The third-order valence-corrected chi connectivity index (χ3v) is 5.10. The maximum Gasteiger partial charge on any atom is 0.161 e. The zero-order chi connectivity index (χ0) is 19.1. The Labute approximate surface area is 161 Å². The Bertz CT molecular complexity index is 730. The van der Waals surface area contributed by atoms with Gasteiger partial charge in [0.15, 0.2) is 11.5 Å². The molecule has 0 radical (unpaired) electrons. The first-order valence-electron chi connectivity index (χ1n) is 9.59. The Morgan fingerprint density at radius 1 is 1.00 bits per heavy atom. The molecule has 1 saturated heterocycles. The van der Waals surface area contributed by atoms with Crippen molar-refractivity contribution in [1.29, 1.82) is 0 Å². The summed E-state index contributed by atoms with van der Waals surface area (Å²) in [4.78, 5) is 4.91. The molecule has 0 aromatic heterocycles. The summed E-state index contributed by atoms with van der Waals surface area (Å²) < 4.78 is 25.0. The van der Waals surface area contributed by atoms with E-state index >= 15 is 0 Å². The largest absolute Gasteiger partial charge is 0.493 e. The number of hydrogen-bond donors (Lipinski definition) is 0. The number of benzene rings is 2. The minimum atomic E-state index is -0.253. The molecule has 1 aliphatic heterocycles. The number of rotatable bonds is 8. The number of piperazine rings is 1. The molecular formula is C22H29FN2O2. The molecule has 5 heteroatoms. The first-order valence-corrected chi connectivity index (χ1v) is 9.59. The average Bonchev–Trinajstić information content (AvgIpc) is 2.69. The predicted octanol–water partition coefficient (Wildman–Crippen LogP) is 3.59. The minimum absolute atomic E-state index is 0.186. The maximum absolute atomic E-state index is 13.7. The summed E-state index contributed by atoms with van der Waals surface area (Å²) in [6.07, 6.45) is 2.14. The van der Waals surface area contributed by atoms with Gasteiger partial charge in [-0.1, -0.05) is 24.3 Å². The van der Waals surface area contributed by atoms with E-state index in [1.54, 1.807) is 19.2 Å². The lowest BCUT2D eigenvalue weighted by atomic mass is 10.1. The van der Waals surface area contributed by atoms with E-state index in [2.05, 4.69) is 22.9 Å². The summed E-state index contributed by atoms with van der Waals surface area (Å²) in [5.41, 5.74) is 1.77. The minimum Gasteiger partial charge on any atom is -0.493 e. The molecule has 1 fully saturated rings. The van der Waals surface area contributed by atoms with Crippen molar-refractivity contribution in [3.63, 3.8) is 0 Å². The van der Waals surface area contributed by atoms with Gasteiger partial charge >= 0.3 is 0 Å². The van der Waals surface area contributed by atoms with Gasteiger partial charge in [-0.05, 0) is 50.2 Å². The maximum atomic E-state index is 13.7. The third-order valence-electron chi connectivity index (χ3n) is 5.10. The molecule has 0 spiro atoms. The van der Waals surface area contributed by atoms with Crippen LogP contribution < -0.4 is 9.47 Å². The molecule has 1 aliphatic rings. The molecule has 0 unspecified atom stereocenters. The Morgan fingerprint density at radius 3 is 2.52 bits per heavy atom. The highest BCUT2D eigenvalue weighted by Crippen LogP contribution is 2.29. The van der Waals surface area contributed by atoms with E-state index in [-0.39, 0.29) is 12.4 Å². The smallest absolute Gasteiger partial charge is 0.161 e. The van der Waals surface area contributed by atoms with Crippen molar-refractivity contribution in [2.24, 2.45) is 0 Å². The van der Waals surface area contributed by atoms with Crippen LogP contribution in [0.1, 0.15) is 17.5 Å². The van der Waals surface area contributed by atoms with Crippen LogP contribution in [0.15, 0.2) is 42.5 Å². The van der Waals surface area contributed by atoms with E-state index in [1.165, 1.54) is 11.6 Å². The van der Waals surface area contributed by atoms with Crippen LogP contribution in [-0.2, 0) is 13.0 Å². The summed E-state index contributed by atoms with van der Waals surface area (Å²) in [7, 11) is 3.82. The van der Waals surface area contributed by atoms with E-state index in [1.807, 2.05) is 18.2 Å². The van der Waals surface area contributed by atoms with Gasteiger partial charge in [0.05, 0.1) is 7.11 Å². The first-order chi connectivity index (χ1) is 13.2. The fourth-order valence-electron chi connectivity index (χ4n) is 3.34. The van der Waals surface area contributed by atoms with Gasteiger partial charge in [-0.2, -0.15) is 0 Å². The fraction of sp³-hybridized carbons (Fsp3) is 0.455. The Kier molecular flexibility index (Phi) is 7.07. The van der Waals surface area contributed by atoms with E-state index in [0.717, 1.165) is 45.6 Å². The summed E-state index contributed by atoms with van der Waals surface area (Å²) in [5, 5.41) is 0. The molecule has 27 heavy (non-hydrogen) atoms. The van der Waals surface area contributed by atoms with Crippen molar-refractivity contribution in [2.45, 2.75) is 19.4 Å². The molecule has 0 amide bonds. The lowest BCUT2D eigenvalue weighted by Crippen LogP contribution is -2.44. The number of likely N-dealkylation sites (N-methyl/N-ethyl adjacent to an activating group) is 1. The van der Waals surface area contributed by atoms with Crippen molar-refractivity contribution in [1.82, 2.24) is 9.80 Å². The zero-order valence-electron chi connectivity index (χ0n) is 16.3. The normalized spacial score (nSPS) is 15.7. The van der Waals surface area contributed by atoms with Gasteiger partial charge in [0.1, 0.15) is 12.4 Å². The number of methoxy groups -OCH3 is 1. The van der Waals surface area contributed by atoms with E-state index in [0.29, 0.717) is 17.1 Å². The molecule has 0 atom stereocenters. The number of ether oxygens (including phenoxy) is 2. The van der Waals surface area contributed by atoms with Gasteiger partial charge in [-0.3, -0.25) is 0 Å². The first kappa shape index (κ1) is 19.6. The Hall–Kier alpha value is -2.11. The monoisotopic (exact) mass is 372 g/mol. The molecule has 0 saturated carbocycles. The van der Waals surface area contributed by atoms with Crippen molar-refractivity contribution >= 4 is 0 Å². The van der Waals surface area contributed by atoms with E-state index in [4.69, 9.17) is 9.47 Å². The van der Waals surface area contributed by atoms with Crippen LogP contribution >= 0.6 is 0 Å². The van der Waals surface area contributed by atoms with Crippen molar-refractivity contribution in [2.75, 3.05) is 46.9 Å². The van der Waals surface area contributed by atoms with Crippen LogP contribution in [0, 0.1) is 5.82 Å². The molecule has 1 heterocycles. The summed E-state index contributed by atoms with van der Waals surface area (Å²) in [6.45, 7) is 5.93. The molecule has 0 aliphatic carbocycles. The van der Waals surface area contributed by atoms with Crippen LogP contribution in [0.4, 0.5) is 4.39 Å². The number of hydrogen-bond acceptors (Lipinski definition) is 4. The topological polar surface area (TPSA) is 24.9 Å². The highest BCUT2D eigenvalue weighted by molar-refractivity contribution is 5.43. The van der Waals surface area contributed by atoms with Crippen LogP contribution in [-0.4, -0.2) is 56.7 Å². The van der Waals surface area contributed by atoms with Crippen LogP contribution in [0.3, 0.4) is 0 Å². The van der Waals surface area contributed by atoms with Gasteiger partial charge in [-0.25, -0.2) is 4.39 Å². The Balaban J connectivity index is 1.52. The molecule has 146 valence electrons. The van der Waals surface area contributed by atoms with Gasteiger partial charge in [0, 0.05) is 31.7 Å². The van der Waals surface area contributed by atoms with Gasteiger partial charge in [-0.15, -0.1) is 0 Å². The van der Waals surface area contributed by atoms with Crippen LogP contribution in [0.2, 0.25) is 0 Å². The zero-order valence-corrected chi connectivity index (χ0v) is 16.3. The van der Waals surface area contributed by atoms with Crippen LogP contribution in [0.25, 0.3) is 0 Å². The highest BCUT2D eigenvalue weighted by Gasteiger charge is 2.13. The van der Waals surface area contributed by atoms with Crippen LogP contribution in [0.5, 0.6) is 11.5 Å². The van der Waals surface area contributed by atoms with Crippen molar-refractivity contribution in [3.8, 4) is 11.5 Å². The molecule has 2 aromatic carbocycles. The number of nitrogens with zero attached hydrogens (tertiary/aromatic N) is 2. The summed E-state index contributed by atoms with van der Waals surface area (Å²) in [6, 6.07) is 12.7. The standard InChI is InChI=1S/C22H29FN2O2/c1-24-12-14-25(15-13-24)11-5-6-18-9-10-21(22(16-18)26-2)27-17-19-7-3-4-8-20(19)23/h3-4,7-10,16H,5-6,11-15,17H2,1-2H3. The number of aryl methyl sites for hydroxylation is 1. The second-order valence-corrected chi connectivity index (χ2v) is 7.11. The molecule has 2 aromatic rings. The SMILES string of the molecule is COc1cc(CCCN2CCN(C)CC2)ccc1OCc1ccccc1F. The second-order valence-electron chi connectivity index (χ2n) is 7.11. The summed E-state index contributed by atoms with van der Waals surface area (Å²) >= 11 is 0. The summed E-state index contributed by atoms with van der Waals surface area (Å²) in [5.74, 6) is 1.09. The molecule has 0 bridgehead atoms. The van der Waals surface area contributed by atoms with Gasteiger partial charge in [0.25, 0.3) is 0 Å². The van der Waals surface area contributed by atoms with Crippen molar-refractivity contribution < 1.29 is 13.9 Å². The highest BCUT2D eigenvalue weighted by atomic mass is 19.1. The van der Waals surface area contributed by atoms with Crippen molar-refractivity contribution in [3.05, 3.63) is 59.4 Å². The lowest BCUT2D eigenvalue weighted by Gasteiger charge is -2.32. The quantitative estimate of drug-likeness (QED) is 0.707. The molecule has 4 nitrogen and oxygen atoms in total. The molecule has 3 rings (SSSR count). The van der Waals surface area contributed by atoms with Gasteiger partial charge < -0.3 is 19.3 Å². The number of halogens is 1. The lowest BCUT2D eigenvalue weighted by molar-refractivity contribution is 0.153. The van der Waals surface area contributed by atoms with E-state index in [9.17, 15) is 4.39 Å².